The van der Waals surface area contributed by atoms with Crippen LogP contribution >= 0.6 is 0 Å². The molecule has 8 heteroatoms. The number of piperidine rings is 1. The largest absolute Gasteiger partial charge is 0.462 e. The number of ether oxygens (including phenoxy) is 2. The maximum absolute atomic E-state index is 13.4. The van der Waals surface area contributed by atoms with Gasteiger partial charge in [0.2, 0.25) is 0 Å². The van der Waals surface area contributed by atoms with Crippen LogP contribution in [0.15, 0.2) is 30.3 Å². The molecule has 2 aromatic carbocycles. The Morgan fingerprint density at radius 3 is 2.29 bits per heavy atom. The van der Waals surface area contributed by atoms with Crippen molar-refractivity contribution < 1.29 is 24.0 Å². The van der Waals surface area contributed by atoms with E-state index in [4.69, 9.17) is 9.47 Å². The van der Waals surface area contributed by atoms with Crippen molar-refractivity contribution in [3.8, 4) is 11.1 Å². The zero-order chi connectivity index (χ0) is 25.0. The molecule has 0 aliphatic carbocycles. The van der Waals surface area contributed by atoms with E-state index < -0.39 is 22.5 Å². The van der Waals surface area contributed by atoms with Crippen molar-refractivity contribution in [1.29, 1.82) is 0 Å². The van der Waals surface area contributed by atoms with Gasteiger partial charge in [0, 0.05) is 24.7 Å². The van der Waals surface area contributed by atoms with E-state index >= 15 is 0 Å². The third kappa shape index (κ3) is 5.38. The van der Waals surface area contributed by atoms with Crippen LogP contribution < -0.4 is 4.90 Å². The summed E-state index contributed by atoms with van der Waals surface area (Å²) in [7, 11) is 0. The van der Waals surface area contributed by atoms with Gasteiger partial charge in [0.15, 0.2) is 0 Å². The SMILES string of the molecule is CCOC(=O)c1c(N2CCCCC2)cc(C)c(C(=O)OC(C)(C)C)c1-c1ccccc1[N+](=O)[O-]. The standard InChI is InChI=1S/C26H32N2O6/c1-6-33-24(29)23-20(27-14-10-7-11-15-27)16-17(2)21(25(30)34-26(3,4)5)22(23)18-12-8-9-13-19(18)28(31)32/h8-9,12-13,16H,6-7,10-11,14-15H2,1-5H3. The van der Waals surface area contributed by atoms with Crippen molar-refractivity contribution in [3.63, 3.8) is 0 Å². The molecule has 0 bridgehead atoms. The van der Waals surface area contributed by atoms with Crippen molar-refractivity contribution in [1.82, 2.24) is 0 Å². The van der Waals surface area contributed by atoms with E-state index in [0.717, 1.165) is 32.4 Å². The van der Waals surface area contributed by atoms with E-state index in [1.165, 1.54) is 6.07 Å². The molecule has 0 saturated carbocycles. The first kappa shape index (κ1) is 25.2. The van der Waals surface area contributed by atoms with Gasteiger partial charge >= 0.3 is 11.9 Å². The number of nitro benzene ring substituents is 1. The molecule has 1 aliphatic heterocycles. The third-order valence-corrected chi connectivity index (χ3v) is 5.65. The molecule has 2 aromatic rings. The first-order valence-electron chi connectivity index (χ1n) is 11.6. The second-order valence-corrected chi connectivity index (χ2v) is 9.38. The van der Waals surface area contributed by atoms with Crippen LogP contribution in [0.3, 0.4) is 0 Å². The van der Waals surface area contributed by atoms with Crippen molar-refractivity contribution in [2.75, 3.05) is 24.6 Å². The number of aryl methyl sites for hydroxylation is 1. The molecular weight excluding hydrogens is 436 g/mol. The number of rotatable bonds is 6. The number of hydrogen-bond donors (Lipinski definition) is 0. The molecular formula is C26H32N2O6. The fourth-order valence-corrected chi connectivity index (χ4v) is 4.30. The van der Waals surface area contributed by atoms with Crippen LogP contribution in [0.1, 0.15) is 73.2 Å². The summed E-state index contributed by atoms with van der Waals surface area (Å²) in [5.74, 6) is -1.27. The molecule has 1 aliphatic rings. The third-order valence-electron chi connectivity index (χ3n) is 5.65. The minimum Gasteiger partial charge on any atom is -0.462 e. The number of carbonyl (C=O) groups is 2. The molecule has 0 unspecified atom stereocenters. The van der Waals surface area contributed by atoms with Gasteiger partial charge in [0.25, 0.3) is 5.69 Å². The molecule has 1 saturated heterocycles. The van der Waals surface area contributed by atoms with Gasteiger partial charge in [-0.1, -0.05) is 12.1 Å². The fraction of sp³-hybridized carbons (Fsp3) is 0.462. The van der Waals surface area contributed by atoms with Crippen LogP contribution in [-0.2, 0) is 9.47 Å². The van der Waals surface area contributed by atoms with Gasteiger partial charge in [-0.3, -0.25) is 10.1 Å². The Bertz CT molecular complexity index is 1100. The lowest BCUT2D eigenvalue weighted by Crippen LogP contribution is -2.32. The molecule has 3 rings (SSSR count). The molecule has 0 amide bonds. The first-order valence-corrected chi connectivity index (χ1v) is 11.6. The lowest BCUT2D eigenvalue weighted by Gasteiger charge is -2.32. The fourth-order valence-electron chi connectivity index (χ4n) is 4.30. The van der Waals surface area contributed by atoms with Crippen LogP contribution in [-0.4, -0.2) is 42.2 Å². The first-order chi connectivity index (χ1) is 16.0. The lowest BCUT2D eigenvalue weighted by molar-refractivity contribution is -0.384. The van der Waals surface area contributed by atoms with E-state index in [-0.39, 0.29) is 34.5 Å². The zero-order valence-corrected chi connectivity index (χ0v) is 20.5. The van der Waals surface area contributed by atoms with E-state index in [0.29, 0.717) is 11.3 Å². The highest BCUT2D eigenvalue weighted by molar-refractivity contribution is 6.11. The van der Waals surface area contributed by atoms with Crippen LogP contribution in [0, 0.1) is 17.0 Å². The summed E-state index contributed by atoms with van der Waals surface area (Å²) in [6.07, 6.45) is 3.03. The molecule has 0 atom stereocenters. The number of nitro groups is 1. The number of anilines is 1. The van der Waals surface area contributed by atoms with E-state index in [9.17, 15) is 19.7 Å². The average Bonchev–Trinajstić information content (AvgIpc) is 2.77. The Labute approximate surface area is 200 Å². The molecule has 182 valence electrons. The summed E-state index contributed by atoms with van der Waals surface area (Å²) >= 11 is 0. The Morgan fingerprint density at radius 2 is 1.71 bits per heavy atom. The van der Waals surface area contributed by atoms with E-state index in [1.54, 1.807) is 58.9 Å². The Morgan fingerprint density at radius 1 is 1.06 bits per heavy atom. The van der Waals surface area contributed by atoms with Crippen molar-refractivity contribution in [3.05, 3.63) is 57.1 Å². The minimum atomic E-state index is -0.793. The Balaban J connectivity index is 2.43. The van der Waals surface area contributed by atoms with Gasteiger partial charge in [-0.25, -0.2) is 9.59 Å². The number of esters is 2. The minimum absolute atomic E-state index is 0.129. The van der Waals surface area contributed by atoms with Crippen molar-refractivity contribution in [2.45, 2.75) is 59.5 Å². The summed E-state index contributed by atoms with van der Waals surface area (Å²) in [6.45, 7) is 10.3. The normalized spacial score (nSPS) is 14.0. The number of carbonyl (C=O) groups excluding carboxylic acids is 2. The molecule has 8 nitrogen and oxygen atoms in total. The monoisotopic (exact) mass is 468 g/mol. The van der Waals surface area contributed by atoms with Crippen molar-refractivity contribution >= 4 is 23.3 Å². The van der Waals surface area contributed by atoms with E-state index in [2.05, 4.69) is 4.90 Å². The molecule has 0 spiro atoms. The smallest absolute Gasteiger partial charge is 0.340 e. The van der Waals surface area contributed by atoms with Crippen LogP contribution in [0.25, 0.3) is 11.1 Å². The maximum Gasteiger partial charge on any atom is 0.340 e. The molecule has 1 fully saturated rings. The Kier molecular flexibility index (Phi) is 7.59. The summed E-state index contributed by atoms with van der Waals surface area (Å²) in [5.41, 5.74) is 0.857. The summed E-state index contributed by atoms with van der Waals surface area (Å²) in [4.78, 5) is 40.3. The van der Waals surface area contributed by atoms with Gasteiger partial charge in [-0.15, -0.1) is 0 Å². The quantitative estimate of drug-likeness (QED) is 0.305. The number of nitrogens with zero attached hydrogens (tertiary/aromatic N) is 2. The second-order valence-electron chi connectivity index (χ2n) is 9.38. The van der Waals surface area contributed by atoms with Crippen LogP contribution in [0.2, 0.25) is 0 Å². The predicted octanol–water partition coefficient (Wildman–Crippen LogP) is 5.69. The van der Waals surface area contributed by atoms with Gasteiger partial charge < -0.3 is 14.4 Å². The number of hydrogen-bond acceptors (Lipinski definition) is 7. The van der Waals surface area contributed by atoms with Gasteiger partial charge in [-0.2, -0.15) is 0 Å². The second kappa shape index (κ2) is 10.2. The molecule has 0 N–H and O–H groups in total. The van der Waals surface area contributed by atoms with Gasteiger partial charge in [-0.05, 0) is 71.6 Å². The lowest BCUT2D eigenvalue weighted by atomic mass is 9.88. The predicted molar refractivity (Wildman–Crippen MR) is 130 cm³/mol. The number of para-hydroxylation sites is 1. The molecule has 34 heavy (non-hydrogen) atoms. The van der Waals surface area contributed by atoms with Crippen LogP contribution in [0.4, 0.5) is 11.4 Å². The highest BCUT2D eigenvalue weighted by Crippen LogP contribution is 2.42. The van der Waals surface area contributed by atoms with Crippen molar-refractivity contribution in [2.24, 2.45) is 0 Å². The van der Waals surface area contributed by atoms with Gasteiger partial charge in [0.05, 0.1) is 33.9 Å². The highest BCUT2D eigenvalue weighted by atomic mass is 16.6. The summed E-state index contributed by atoms with van der Waals surface area (Å²) < 4.78 is 11.1. The van der Waals surface area contributed by atoms with Crippen LogP contribution in [0.5, 0.6) is 0 Å². The highest BCUT2D eigenvalue weighted by Gasteiger charge is 2.34. The topological polar surface area (TPSA) is 99.0 Å². The summed E-state index contributed by atoms with van der Waals surface area (Å²) in [6, 6.07) is 7.93. The summed E-state index contributed by atoms with van der Waals surface area (Å²) in [5, 5.41) is 11.9. The number of benzene rings is 2. The molecule has 1 heterocycles. The molecule has 0 radical (unpaired) electrons. The van der Waals surface area contributed by atoms with E-state index in [1.807, 2.05) is 0 Å². The Hall–Kier alpha value is -3.42. The van der Waals surface area contributed by atoms with Gasteiger partial charge in [0.1, 0.15) is 5.60 Å². The maximum atomic E-state index is 13.4. The zero-order valence-electron chi connectivity index (χ0n) is 20.5. The molecule has 0 aromatic heterocycles. The average molecular weight is 469 g/mol.